The van der Waals surface area contributed by atoms with E-state index in [-0.39, 0.29) is 18.5 Å². The Labute approximate surface area is 113 Å². The maximum atomic E-state index is 11.6. The topological polar surface area (TPSA) is 66.8 Å². The highest BCUT2D eigenvalue weighted by Crippen LogP contribution is 2.35. The molecular weight excluding hydrogens is 252 g/mol. The van der Waals surface area contributed by atoms with Crippen molar-refractivity contribution in [2.45, 2.75) is 44.6 Å². The molecular formula is C13H24O4S. The quantitative estimate of drug-likeness (QED) is 0.546. The molecule has 0 amide bonds. The Hall–Kier alpha value is -0.260. The summed E-state index contributed by atoms with van der Waals surface area (Å²) in [5.74, 6) is 1.42. The van der Waals surface area contributed by atoms with Crippen LogP contribution in [-0.2, 0) is 9.53 Å². The first-order valence-electron chi connectivity index (χ1n) is 6.69. The Morgan fingerprint density at radius 2 is 2.11 bits per heavy atom. The summed E-state index contributed by atoms with van der Waals surface area (Å²) < 4.78 is 5.01. The first-order valence-corrected chi connectivity index (χ1v) is 7.84. The molecule has 106 valence electrons. The molecule has 1 rings (SSSR count). The molecule has 4 nitrogen and oxygen atoms in total. The second-order valence-electron chi connectivity index (χ2n) is 4.88. The van der Waals surface area contributed by atoms with E-state index in [2.05, 4.69) is 0 Å². The molecule has 0 aromatic heterocycles. The lowest BCUT2D eigenvalue weighted by atomic mass is 9.80. The van der Waals surface area contributed by atoms with Crippen LogP contribution >= 0.6 is 11.8 Å². The van der Waals surface area contributed by atoms with Gasteiger partial charge in [0.2, 0.25) is 0 Å². The minimum atomic E-state index is -0.636. The number of carbonyl (C=O) groups is 1. The van der Waals surface area contributed by atoms with Crippen LogP contribution in [0, 0.1) is 5.92 Å². The first kappa shape index (κ1) is 15.8. The molecule has 0 aromatic carbocycles. The SMILES string of the molecule is CCOC(=O)C1CCC(O)(CSCCCO)CC1. The lowest BCUT2D eigenvalue weighted by Gasteiger charge is -2.34. The van der Waals surface area contributed by atoms with Gasteiger partial charge < -0.3 is 14.9 Å². The van der Waals surface area contributed by atoms with Gasteiger partial charge in [0.05, 0.1) is 18.1 Å². The fourth-order valence-electron chi connectivity index (χ4n) is 2.22. The van der Waals surface area contributed by atoms with Crippen LogP contribution in [0.25, 0.3) is 0 Å². The van der Waals surface area contributed by atoms with Crippen LogP contribution in [0.15, 0.2) is 0 Å². The Bertz CT molecular complexity index is 249. The molecule has 0 aromatic rings. The van der Waals surface area contributed by atoms with E-state index in [0.29, 0.717) is 25.2 Å². The van der Waals surface area contributed by atoms with E-state index in [1.807, 2.05) is 6.92 Å². The van der Waals surface area contributed by atoms with E-state index < -0.39 is 5.60 Å². The monoisotopic (exact) mass is 276 g/mol. The van der Waals surface area contributed by atoms with Gasteiger partial charge >= 0.3 is 5.97 Å². The fraction of sp³-hybridized carbons (Fsp3) is 0.923. The van der Waals surface area contributed by atoms with Gasteiger partial charge in [-0.1, -0.05) is 0 Å². The van der Waals surface area contributed by atoms with Gasteiger partial charge in [-0.05, 0) is 44.8 Å². The van der Waals surface area contributed by atoms with E-state index in [9.17, 15) is 9.90 Å². The molecule has 0 unspecified atom stereocenters. The molecule has 0 bridgehead atoms. The number of thioether (sulfide) groups is 1. The predicted molar refractivity (Wildman–Crippen MR) is 72.6 cm³/mol. The second-order valence-corrected chi connectivity index (χ2v) is 5.99. The van der Waals surface area contributed by atoms with Gasteiger partial charge in [0.25, 0.3) is 0 Å². The van der Waals surface area contributed by atoms with Crippen molar-refractivity contribution in [3.63, 3.8) is 0 Å². The molecule has 0 aliphatic heterocycles. The average molecular weight is 276 g/mol. The van der Waals surface area contributed by atoms with Crippen LogP contribution < -0.4 is 0 Å². The molecule has 0 heterocycles. The van der Waals surface area contributed by atoms with Gasteiger partial charge in [-0.15, -0.1) is 0 Å². The van der Waals surface area contributed by atoms with Crippen LogP contribution in [0.5, 0.6) is 0 Å². The fourth-order valence-corrected chi connectivity index (χ4v) is 3.37. The number of carbonyl (C=O) groups excluding carboxylic acids is 1. The molecule has 1 aliphatic rings. The number of aliphatic hydroxyl groups excluding tert-OH is 1. The van der Waals surface area contributed by atoms with Crippen molar-refractivity contribution in [3.8, 4) is 0 Å². The van der Waals surface area contributed by atoms with E-state index in [0.717, 1.165) is 25.0 Å². The van der Waals surface area contributed by atoms with Gasteiger partial charge in [-0.3, -0.25) is 4.79 Å². The van der Waals surface area contributed by atoms with E-state index >= 15 is 0 Å². The van der Waals surface area contributed by atoms with Crippen molar-refractivity contribution in [2.24, 2.45) is 5.92 Å². The summed E-state index contributed by atoms with van der Waals surface area (Å²) in [7, 11) is 0. The summed E-state index contributed by atoms with van der Waals surface area (Å²) in [6.07, 6.45) is 3.54. The smallest absolute Gasteiger partial charge is 0.308 e. The third-order valence-electron chi connectivity index (χ3n) is 3.35. The summed E-state index contributed by atoms with van der Waals surface area (Å²) >= 11 is 1.68. The molecule has 1 saturated carbocycles. The minimum Gasteiger partial charge on any atom is -0.466 e. The zero-order valence-electron chi connectivity index (χ0n) is 11.1. The number of rotatable bonds is 7. The predicted octanol–water partition coefficient (Wildman–Crippen LogP) is 1.59. The second kappa shape index (κ2) is 8.02. The van der Waals surface area contributed by atoms with Crippen molar-refractivity contribution in [2.75, 3.05) is 24.7 Å². The van der Waals surface area contributed by atoms with Crippen LogP contribution in [0.1, 0.15) is 39.0 Å². The summed E-state index contributed by atoms with van der Waals surface area (Å²) in [6, 6.07) is 0. The van der Waals surface area contributed by atoms with Crippen LogP contribution in [0.2, 0.25) is 0 Å². The Kier molecular flexibility index (Phi) is 7.04. The van der Waals surface area contributed by atoms with Gasteiger partial charge in [0.15, 0.2) is 0 Å². The van der Waals surface area contributed by atoms with Crippen LogP contribution in [-0.4, -0.2) is 46.5 Å². The number of ether oxygens (including phenoxy) is 1. The standard InChI is InChI=1S/C13H24O4S/c1-2-17-12(15)11-4-6-13(16,7-5-11)10-18-9-3-8-14/h11,14,16H,2-10H2,1H3. The zero-order chi connectivity index (χ0) is 13.4. The van der Waals surface area contributed by atoms with Crippen molar-refractivity contribution in [1.82, 2.24) is 0 Å². The first-order chi connectivity index (χ1) is 8.61. The van der Waals surface area contributed by atoms with E-state index in [1.165, 1.54) is 0 Å². The molecule has 0 atom stereocenters. The number of hydrogen-bond donors (Lipinski definition) is 2. The molecule has 1 aliphatic carbocycles. The molecule has 18 heavy (non-hydrogen) atoms. The Morgan fingerprint density at radius 3 is 2.67 bits per heavy atom. The molecule has 0 spiro atoms. The summed E-state index contributed by atoms with van der Waals surface area (Å²) in [4.78, 5) is 11.6. The maximum absolute atomic E-state index is 11.6. The summed E-state index contributed by atoms with van der Waals surface area (Å²) in [6.45, 7) is 2.45. The highest BCUT2D eigenvalue weighted by molar-refractivity contribution is 7.99. The summed E-state index contributed by atoms with van der Waals surface area (Å²) in [5.41, 5.74) is -0.636. The lowest BCUT2D eigenvalue weighted by Crippen LogP contribution is -2.38. The number of aliphatic hydroxyl groups is 2. The van der Waals surface area contributed by atoms with Crippen molar-refractivity contribution in [1.29, 1.82) is 0 Å². The molecule has 5 heteroatoms. The summed E-state index contributed by atoms with van der Waals surface area (Å²) in [5, 5.41) is 19.1. The van der Waals surface area contributed by atoms with Gasteiger partial charge in [0, 0.05) is 12.4 Å². The van der Waals surface area contributed by atoms with E-state index in [1.54, 1.807) is 11.8 Å². The Morgan fingerprint density at radius 1 is 1.44 bits per heavy atom. The highest BCUT2D eigenvalue weighted by Gasteiger charge is 2.36. The number of esters is 1. The molecule has 2 N–H and O–H groups in total. The average Bonchev–Trinajstić information content (AvgIpc) is 2.36. The third-order valence-corrected chi connectivity index (χ3v) is 4.67. The number of hydrogen-bond acceptors (Lipinski definition) is 5. The highest BCUT2D eigenvalue weighted by atomic mass is 32.2. The molecule has 0 saturated heterocycles. The zero-order valence-corrected chi connectivity index (χ0v) is 11.9. The third kappa shape index (κ3) is 5.16. The van der Waals surface area contributed by atoms with Gasteiger partial charge in [0.1, 0.15) is 0 Å². The van der Waals surface area contributed by atoms with Crippen molar-refractivity contribution < 1.29 is 19.7 Å². The maximum Gasteiger partial charge on any atom is 0.308 e. The van der Waals surface area contributed by atoms with Gasteiger partial charge in [-0.25, -0.2) is 0 Å². The molecule has 1 fully saturated rings. The van der Waals surface area contributed by atoms with Crippen molar-refractivity contribution >= 4 is 17.7 Å². The Balaban J connectivity index is 2.26. The largest absolute Gasteiger partial charge is 0.466 e. The van der Waals surface area contributed by atoms with Crippen LogP contribution in [0.3, 0.4) is 0 Å². The lowest BCUT2D eigenvalue weighted by molar-refractivity contribution is -0.150. The normalized spacial score (nSPS) is 28.1. The van der Waals surface area contributed by atoms with Gasteiger partial charge in [-0.2, -0.15) is 11.8 Å². The van der Waals surface area contributed by atoms with Crippen LogP contribution in [0.4, 0.5) is 0 Å². The van der Waals surface area contributed by atoms with E-state index in [4.69, 9.17) is 9.84 Å². The molecule has 0 radical (unpaired) electrons. The minimum absolute atomic E-state index is 0.0346. The van der Waals surface area contributed by atoms with Crippen molar-refractivity contribution in [3.05, 3.63) is 0 Å².